The Bertz CT molecular complexity index is 533. The summed E-state index contributed by atoms with van der Waals surface area (Å²) in [5, 5.41) is 7.91. The molecule has 0 aromatic heterocycles. The Morgan fingerprint density at radius 2 is 0.833 bits per heavy atom. The first-order chi connectivity index (χ1) is 10.1. The molecule has 1 nitrogen and oxygen atoms in total. The lowest BCUT2D eigenvalue weighted by Crippen LogP contribution is -2.70. The summed E-state index contributed by atoms with van der Waals surface area (Å²) in [6, 6.07) is -0.350. The van der Waals surface area contributed by atoms with Crippen molar-refractivity contribution >= 4 is 63.7 Å². The highest BCUT2D eigenvalue weighted by Gasteiger charge is 2.88. The molecule has 24 heavy (non-hydrogen) atoms. The van der Waals surface area contributed by atoms with Crippen LogP contribution >= 0.6 is 63.7 Å². The van der Waals surface area contributed by atoms with Gasteiger partial charge >= 0.3 is 31.8 Å². The van der Waals surface area contributed by atoms with Gasteiger partial charge in [-0.05, 0) is 63.7 Å². The number of hydrogen-bond acceptors (Lipinski definition) is 1. The van der Waals surface area contributed by atoms with Crippen LogP contribution in [0.25, 0.3) is 0 Å². The monoisotopic (exact) mass is 635 g/mol. The van der Waals surface area contributed by atoms with Crippen molar-refractivity contribution in [1.29, 1.82) is 5.26 Å². The molecule has 0 N–H and O–H groups in total. The molecule has 0 saturated carbocycles. The summed E-state index contributed by atoms with van der Waals surface area (Å²) in [6.07, 6.45) is 0. The molecule has 0 unspecified atom stereocenters. The summed E-state index contributed by atoms with van der Waals surface area (Å²) in [5.74, 6) is -19.1. The van der Waals surface area contributed by atoms with Crippen molar-refractivity contribution in [1.82, 2.24) is 0 Å². The molecule has 0 bridgehead atoms. The van der Waals surface area contributed by atoms with Crippen LogP contribution in [0, 0.1) is 11.3 Å². The van der Waals surface area contributed by atoms with E-state index in [9.17, 15) is 48.3 Å². The van der Waals surface area contributed by atoms with E-state index in [0.717, 1.165) is 63.7 Å². The highest BCUT2D eigenvalue weighted by molar-refractivity contribution is 9.13. The predicted molar refractivity (Wildman–Crippen MR) is 72.6 cm³/mol. The minimum Gasteiger partial charge on any atom is -0.217 e. The first-order valence-electron chi connectivity index (χ1n) is 4.81. The van der Waals surface area contributed by atoms with Crippen molar-refractivity contribution in [2.75, 3.05) is 0 Å². The molecule has 0 rings (SSSR count). The second-order valence-corrected chi connectivity index (χ2v) is 8.33. The Kier molecular flexibility index (Phi) is 6.53. The molecular weight excluding hydrogens is 639 g/mol. The Morgan fingerprint density at radius 1 is 0.542 bits per heavy atom. The smallest absolute Gasteiger partial charge is 0.217 e. The SMILES string of the molecule is N#CC(F)(F)[C@@](F)(Br)C(F)(F)[C@@](F)(Br)C(F)(F)[C@@](F)(Br)C(F)(F)Br. The molecular formula is C8Br4F11N. The molecule has 0 aliphatic heterocycles. The number of halogens is 15. The first-order valence-corrected chi connectivity index (χ1v) is 7.98. The zero-order chi connectivity index (χ0) is 20.2. The maximum atomic E-state index is 13.9. The van der Waals surface area contributed by atoms with Crippen molar-refractivity contribution in [3.8, 4) is 6.07 Å². The standard InChI is InChI=1S/C8Br4F11N/c9-3(15,2(13,14)1-24)6(18,19)4(10,16)7(20,21)5(11,17)8(12,22)23/t3-,4-,5-/m0/s1. The van der Waals surface area contributed by atoms with Gasteiger partial charge in [0, 0.05) is 0 Å². The van der Waals surface area contributed by atoms with Crippen molar-refractivity contribution in [3.05, 3.63) is 0 Å². The molecule has 0 amide bonds. The van der Waals surface area contributed by atoms with Crippen LogP contribution < -0.4 is 0 Å². The third kappa shape index (κ3) is 3.19. The van der Waals surface area contributed by atoms with Crippen LogP contribution in [0.3, 0.4) is 0 Å². The third-order valence-electron chi connectivity index (χ3n) is 2.47. The van der Waals surface area contributed by atoms with Gasteiger partial charge in [0.2, 0.25) is 0 Å². The summed E-state index contributed by atoms with van der Waals surface area (Å²) in [6.45, 7) is 0. The molecule has 0 fully saturated rings. The summed E-state index contributed by atoms with van der Waals surface area (Å²) in [4.78, 5) is -5.42. The molecule has 0 spiro atoms. The van der Waals surface area contributed by atoms with Crippen LogP contribution in [-0.4, -0.2) is 36.3 Å². The van der Waals surface area contributed by atoms with Gasteiger partial charge in [0.1, 0.15) is 6.07 Å². The minimum absolute atomic E-state index is 0.350. The van der Waals surface area contributed by atoms with E-state index in [1.807, 2.05) is 0 Å². The topological polar surface area (TPSA) is 23.8 Å². The molecule has 0 heterocycles. The molecule has 0 aliphatic carbocycles. The van der Waals surface area contributed by atoms with Crippen LogP contribution in [0.4, 0.5) is 48.3 Å². The van der Waals surface area contributed by atoms with E-state index in [-0.39, 0.29) is 6.07 Å². The van der Waals surface area contributed by atoms with Crippen molar-refractivity contribution in [2.24, 2.45) is 0 Å². The van der Waals surface area contributed by atoms with E-state index in [4.69, 9.17) is 5.26 Å². The van der Waals surface area contributed by atoms with E-state index in [1.165, 1.54) is 0 Å². The zero-order valence-corrected chi connectivity index (χ0v) is 16.5. The second-order valence-electron chi connectivity index (χ2n) is 4.06. The van der Waals surface area contributed by atoms with Gasteiger partial charge in [-0.3, -0.25) is 0 Å². The van der Waals surface area contributed by atoms with Crippen LogP contribution in [0.15, 0.2) is 0 Å². The average Bonchev–Trinajstić information content (AvgIpc) is 2.36. The summed E-state index contributed by atoms with van der Waals surface area (Å²) >= 11 is 3.71. The van der Waals surface area contributed by atoms with Crippen molar-refractivity contribution in [2.45, 2.75) is 36.3 Å². The first kappa shape index (κ1) is 24.6. The fraction of sp³-hybridized carbons (Fsp3) is 0.875. The number of rotatable bonds is 6. The van der Waals surface area contributed by atoms with Crippen molar-refractivity contribution in [3.63, 3.8) is 0 Å². The Hall–Kier alpha value is 0.640. The van der Waals surface area contributed by atoms with E-state index < -0.39 is 36.3 Å². The maximum Gasteiger partial charge on any atom is 0.381 e. The van der Waals surface area contributed by atoms with Crippen LogP contribution in [0.2, 0.25) is 0 Å². The number of nitriles is 1. The maximum absolute atomic E-state index is 13.9. The molecule has 0 aromatic carbocycles. The minimum atomic E-state index is -6.66. The highest BCUT2D eigenvalue weighted by atomic mass is 79.9. The fourth-order valence-corrected chi connectivity index (χ4v) is 3.00. The van der Waals surface area contributed by atoms with Crippen LogP contribution in [0.5, 0.6) is 0 Å². The fourth-order valence-electron chi connectivity index (χ4n) is 1.04. The normalized spacial score (nSPS) is 22.1. The lowest BCUT2D eigenvalue weighted by Gasteiger charge is -2.44. The number of hydrogen-bond donors (Lipinski definition) is 0. The molecule has 142 valence electrons. The van der Waals surface area contributed by atoms with E-state index >= 15 is 0 Å². The molecule has 0 saturated heterocycles. The zero-order valence-electron chi connectivity index (χ0n) is 10.1. The Morgan fingerprint density at radius 3 is 1.08 bits per heavy atom. The van der Waals surface area contributed by atoms with Crippen LogP contribution in [0.1, 0.15) is 0 Å². The van der Waals surface area contributed by atoms with Crippen molar-refractivity contribution < 1.29 is 48.3 Å². The van der Waals surface area contributed by atoms with Gasteiger partial charge in [-0.1, -0.05) is 0 Å². The quantitative estimate of drug-likeness (QED) is 0.238. The second kappa shape index (κ2) is 6.36. The van der Waals surface area contributed by atoms with Gasteiger partial charge in [0.05, 0.1) is 0 Å². The number of alkyl halides is 15. The molecule has 3 atom stereocenters. The Balaban J connectivity index is 6.48. The van der Waals surface area contributed by atoms with Gasteiger partial charge in [0.15, 0.2) is 0 Å². The van der Waals surface area contributed by atoms with E-state index in [1.54, 1.807) is 0 Å². The lowest BCUT2D eigenvalue weighted by atomic mass is 9.96. The third-order valence-corrected chi connectivity index (χ3v) is 6.53. The van der Waals surface area contributed by atoms with Crippen LogP contribution in [-0.2, 0) is 0 Å². The lowest BCUT2D eigenvalue weighted by molar-refractivity contribution is -0.286. The molecule has 0 aromatic rings. The average molecular weight is 639 g/mol. The van der Waals surface area contributed by atoms with Gasteiger partial charge in [0.25, 0.3) is 4.58 Å². The Labute approximate surface area is 159 Å². The van der Waals surface area contributed by atoms with Gasteiger partial charge in [-0.15, -0.1) is 0 Å². The van der Waals surface area contributed by atoms with E-state index in [0.29, 0.717) is 0 Å². The van der Waals surface area contributed by atoms with E-state index in [2.05, 4.69) is 0 Å². The molecule has 0 radical (unpaired) electrons. The largest absolute Gasteiger partial charge is 0.381 e. The molecule has 16 heteroatoms. The number of nitrogens with zero attached hydrogens (tertiary/aromatic N) is 1. The summed E-state index contributed by atoms with van der Waals surface area (Å²) < 4.78 is 129. The molecule has 0 aliphatic rings. The summed E-state index contributed by atoms with van der Waals surface area (Å²) in [5.41, 5.74) is 0. The van der Waals surface area contributed by atoms with Gasteiger partial charge in [-0.25, -0.2) is 13.2 Å². The highest BCUT2D eigenvalue weighted by Crippen LogP contribution is 2.66. The van der Waals surface area contributed by atoms with Gasteiger partial charge < -0.3 is 0 Å². The van der Waals surface area contributed by atoms with Gasteiger partial charge in [-0.2, -0.15) is 40.4 Å². The summed E-state index contributed by atoms with van der Waals surface area (Å²) in [7, 11) is 0. The predicted octanol–water partition coefficient (Wildman–Crippen LogP) is 6.59.